The number of carbonyl (C=O) groups is 3. The van der Waals surface area contributed by atoms with E-state index in [4.69, 9.17) is 4.42 Å². The topological polar surface area (TPSA) is 79.6 Å². The first-order valence-corrected chi connectivity index (χ1v) is 8.83. The molecule has 136 valence electrons. The van der Waals surface area contributed by atoms with Crippen molar-refractivity contribution < 1.29 is 18.8 Å². The van der Waals surface area contributed by atoms with Crippen molar-refractivity contribution in [3.63, 3.8) is 0 Å². The van der Waals surface area contributed by atoms with E-state index in [2.05, 4.69) is 5.32 Å². The van der Waals surface area contributed by atoms with E-state index < -0.39 is 0 Å². The van der Waals surface area contributed by atoms with Crippen LogP contribution in [0.3, 0.4) is 0 Å². The predicted molar refractivity (Wildman–Crippen MR) is 95.7 cm³/mol. The van der Waals surface area contributed by atoms with E-state index in [0.717, 1.165) is 18.6 Å². The summed E-state index contributed by atoms with van der Waals surface area (Å²) < 4.78 is 5.28. The third kappa shape index (κ3) is 4.02. The van der Waals surface area contributed by atoms with Gasteiger partial charge < -0.3 is 9.73 Å². The molecule has 1 atom stereocenters. The van der Waals surface area contributed by atoms with Crippen molar-refractivity contribution in [2.75, 3.05) is 6.54 Å². The number of imide groups is 1. The Morgan fingerprint density at radius 2 is 1.81 bits per heavy atom. The molecular formula is C20H22N2O4. The van der Waals surface area contributed by atoms with Gasteiger partial charge in [-0.05, 0) is 44.0 Å². The summed E-state index contributed by atoms with van der Waals surface area (Å²) in [6.45, 7) is 2.20. The summed E-state index contributed by atoms with van der Waals surface area (Å²) in [7, 11) is 0. The molecule has 2 heterocycles. The summed E-state index contributed by atoms with van der Waals surface area (Å²) in [5, 5.41) is 2.94. The highest BCUT2D eigenvalue weighted by molar-refractivity contribution is 6.21. The lowest BCUT2D eigenvalue weighted by Gasteiger charge is -2.15. The fourth-order valence-electron chi connectivity index (χ4n) is 3.07. The van der Waals surface area contributed by atoms with E-state index in [0.29, 0.717) is 17.5 Å². The second kappa shape index (κ2) is 7.99. The van der Waals surface area contributed by atoms with Crippen molar-refractivity contribution in [1.82, 2.24) is 10.2 Å². The molecule has 0 saturated heterocycles. The molecule has 1 aliphatic heterocycles. The van der Waals surface area contributed by atoms with Gasteiger partial charge in [0.1, 0.15) is 5.76 Å². The SMILES string of the molecule is C[C@@H](CCc1ccco1)NC(=O)CCCN1C(=O)c2ccccc2C1=O. The normalized spacial score (nSPS) is 14.4. The molecule has 3 amide bonds. The molecular weight excluding hydrogens is 332 g/mol. The summed E-state index contributed by atoms with van der Waals surface area (Å²) in [5.41, 5.74) is 0.877. The van der Waals surface area contributed by atoms with Crippen LogP contribution >= 0.6 is 0 Å². The Morgan fingerprint density at radius 3 is 2.42 bits per heavy atom. The first kappa shape index (κ1) is 17.9. The smallest absolute Gasteiger partial charge is 0.261 e. The van der Waals surface area contributed by atoms with Crippen LogP contribution in [0, 0.1) is 0 Å². The molecule has 0 saturated carbocycles. The summed E-state index contributed by atoms with van der Waals surface area (Å²) >= 11 is 0. The fourth-order valence-corrected chi connectivity index (χ4v) is 3.07. The quantitative estimate of drug-likeness (QED) is 0.739. The number of nitrogens with zero attached hydrogens (tertiary/aromatic N) is 1. The summed E-state index contributed by atoms with van der Waals surface area (Å²) in [4.78, 5) is 37.8. The number of fused-ring (bicyclic) bond motifs is 1. The highest BCUT2D eigenvalue weighted by Gasteiger charge is 2.34. The van der Waals surface area contributed by atoms with E-state index >= 15 is 0 Å². The van der Waals surface area contributed by atoms with Crippen molar-refractivity contribution in [2.45, 2.75) is 38.6 Å². The largest absolute Gasteiger partial charge is 0.469 e. The zero-order valence-corrected chi connectivity index (χ0v) is 14.7. The number of nitrogens with one attached hydrogen (secondary N) is 1. The third-order valence-electron chi connectivity index (χ3n) is 4.47. The van der Waals surface area contributed by atoms with Crippen LogP contribution in [0.2, 0.25) is 0 Å². The predicted octanol–water partition coefficient (Wildman–Crippen LogP) is 2.79. The van der Waals surface area contributed by atoms with Crippen LogP contribution < -0.4 is 5.32 Å². The van der Waals surface area contributed by atoms with E-state index in [1.54, 1.807) is 30.5 Å². The lowest BCUT2D eigenvalue weighted by atomic mass is 10.1. The van der Waals surface area contributed by atoms with Crippen LogP contribution in [0.25, 0.3) is 0 Å². The molecule has 2 aromatic rings. The molecule has 0 radical (unpaired) electrons. The van der Waals surface area contributed by atoms with E-state index in [-0.39, 0.29) is 36.7 Å². The van der Waals surface area contributed by atoms with Crippen molar-refractivity contribution in [3.8, 4) is 0 Å². The number of amides is 3. The standard InChI is InChI=1S/C20H22N2O4/c1-14(10-11-15-6-5-13-26-15)21-18(23)9-4-12-22-19(24)16-7-2-3-8-17(16)20(22)25/h2-3,5-8,13-14H,4,9-12H2,1H3,(H,21,23)/t14-/m0/s1. The van der Waals surface area contributed by atoms with Crippen molar-refractivity contribution in [3.05, 3.63) is 59.5 Å². The molecule has 1 N–H and O–H groups in total. The van der Waals surface area contributed by atoms with Crippen LogP contribution in [0.5, 0.6) is 0 Å². The maximum Gasteiger partial charge on any atom is 0.261 e. The average Bonchev–Trinajstić information content (AvgIpc) is 3.23. The Bertz CT molecular complexity index is 763. The number of rotatable bonds is 8. The van der Waals surface area contributed by atoms with Gasteiger partial charge in [0.25, 0.3) is 11.8 Å². The summed E-state index contributed by atoms with van der Waals surface area (Å²) in [6, 6.07) is 10.6. The minimum Gasteiger partial charge on any atom is -0.469 e. The van der Waals surface area contributed by atoms with E-state index in [9.17, 15) is 14.4 Å². The molecule has 0 bridgehead atoms. The Balaban J connectivity index is 1.40. The number of furan rings is 1. The van der Waals surface area contributed by atoms with Gasteiger partial charge in [-0.3, -0.25) is 19.3 Å². The zero-order valence-electron chi connectivity index (χ0n) is 14.7. The maximum atomic E-state index is 12.3. The number of hydrogen-bond acceptors (Lipinski definition) is 4. The number of carbonyl (C=O) groups excluding carboxylic acids is 3. The zero-order chi connectivity index (χ0) is 18.5. The van der Waals surface area contributed by atoms with Gasteiger partial charge in [0.2, 0.25) is 5.91 Å². The summed E-state index contributed by atoms with van der Waals surface area (Å²) in [5.74, 6) is 0.265. The lowest BCUT2D eigenvalue weighted by Crippen LogP contribution is -2.34. The first-order chi connectivity index (χ1) is 12.6. The van der Waals surface area contributed by atoms with Crippen LogP contribution in [0.1, 0.15) is 52.7 Å². The highest BCUT2D eigenvalue weighted by atomic mass is 16.3. The van der Waals surface area contributed by atoms with Crippen molar-refractivity contribution in [1.29, 1.82) is 0 Å². The fraction of sp³-hybridized carbons (Fsp3) is 0.350. The monoisotopic (exact) mass is 354 g/mol. The molecule has 0 unspecified atom stereocenters. The summed E-state index contributed by atoms with van der Waals surface area (Å²) in [6.07, 6.45) is 3.92. The first-order valence-electron chi connectivity index (χ1n) is 8.83. The molecule has 3 rings (SSSR count). The van der Waals surface area contributed by atoms with Gasteiger partial charge in [0, 0.05) is 25.4 Å². The number of benzene rings is 1. The van der Waals surface area contributed by atoms with E-state index in [1.165, 1.54) is 4.90 Å². The third-order valence-corrected chi connectivity index (χ3v) is 4.47. The van der Waals surface area contributed by atoms with Gasteiger partial charge in [-0.2, -0.15) is 0 Å². The van der Waals surface area contributed by atoms with Gasteiger partial charge in [-0.1, -0.05) is 12.1 Å². The van der Waals surface area contributed by atoms with Crippen LogP contribution in [-0.2, 0) is 11.2 Å². The van der Waals surface area contributed by atoms with Crippen molar-refractivity contribution >= 4 is 17.7 Å². The van der Waals surface area contributed by atoms with Crippen LogP contribution in [-0.4, -0.2) is 35.2 Å². The van der Waals surface area contributed by atoms with Gasteiger partial charge >= 0.3 is 0 Å². The Kier molecular flexibility index (Phi) is 5.51. The molecule has 0 spiro atoms. The molecule has 1 aromatic heterocycles. The average molecular weight is 354 g/mol. The van der Waals surface area contributed by atoms with Gasteiger partial charge in [0.15, 0.2) is 0 Å². The maximum absolute atomic E-state index is 12.3. The molecule has 6 heteroatoms. The molecule has 26 heavy (non-hydrogen) atoms. The second-order valence-electron chi connectivity index (χ2n) is 6.50. The molecule has 0 aliphatic carbocycles. The Hall–Kier alpha value is -2.89. The second-order valence-corrected chi connectivity index (χ2v) is 6.50. The van der Waals surface area contributed by atoms with Gasteiger partial charge in [-0.25, -0.2) is 0 Å². The Labute approximate surface area is 152 Å². The molecule has 0 fully saturated rings. The van der Waals surface area contributed by atoms with E-state index in [1.807, 2.05) is 19.1 Å². The van der Waals surface area contributed by atoms with Gasteiger partial charge in [0.05, 0.1) is 17.4 Å². The highest BCUT2D eigenvalue weighted by Crippen LogP contribution is 2.22. The van der Waals surface area contributed by atoms with Crippen LogP contribution in [0.15, 0.2) is 47.1 Å². The lowest BCUT2D eigenvalue weighted by molar-refractivity contribution is -0.121. The molecule has 1 aromatic carbocycles. The Morgan fingerprint density at radius 1 is 1.12 bits per heavy atom. The minimum absolute atomic E-state index is 0.0342. The van der Waals surface area contributed by atoms with Crippen molar-refractivity contribution in [2.24, 2.45) is 0 Å². The van der Waals surface area contributed by atoms with Gasteiger partial charge in [-0.15, -0.1) is 0 Å². The molecule has 6 nitrogen and oxygen atoms in total. The molecule has 1 aliphatic rings. The minimum atomic E-state index is -0.280. The number of hydrogen-bond donors (Lipinski definition) is 1. The number of aryl methyl sites for hydroxylation is 1. The van der Waals surface area contributed by atoms with Crippen LogP contribution in [0.4, 0.5) is 0 Å².